The van der Waals surface area contributed by atoms with E-state index in [9.17, 15) is 4.79 Å². The molecule has 0 spiro atoms. The van der Waals surface area contributed by atoms with Crippen molar-refractivity contribution in [2.24, 2.45) is 0 Å². The van der Waals surface area contributed by atoms with Gasteiger partial charge in [-0.2, -0.15) is 0 Å². The Morgan fingerprint density at radius 3 is 2.31 bits per heavy atom. The molecular formula is C21H30N4O+2. The quantitative estimate of drug-likeness (QED) is 0.395. The monoisotopic (exact) mass is 354 g/mol. The molecule has 0 unspecified atom stereocenters. The van der Waals surface area contributed by atoms with Crippen LogP contribution < -0.4 is 20.9 Å². The first-order valence-corrected chi connectivity index (χ1v) is 9.56. The molecule has 138 valence electrons. The van der Waals surface area contributed by atoms with Gasteiger partial charge in [-0.25, -0.2) is 0 Å². The van der Waals surface area contributed by atoms with E-state index in [1.165, 1.54) is 31.7 Å². The fourth-order valence-corrected chi connectivity index (χ4v) is 3.61. The average Bonchev–Trinajstić information content (AvgIpc) is 2.67. The van der Waals surface area contributed by atoms with Gasteiger partial charge in [0, 0.05) is 24.2 Å². The number of anilines is 1. The summed E-state index contributed by atoms with van der Waals surface area (Å²) in [5, 5.41) is 2.98. The summed E-state index contributed by atoms with van der Waals surface area (Å²) < 4.78 is 0. The largest absolute Gasteiger partial charge is 0.398 e. The molecule has 0 aromatic heterocycles. The Hall–Kier alpha value is -2.37. The van der Waals surface area contributed by atoms with E-state index in [1.807, 2.05) is 12.1 Å². The molecule has 0 atom stereocenters. The molecule has 1 amide bonds. The third kappa shape index (κ3) is 5.31. The molecular weight excluding hydrogens is 324 g/mol. The fourth-order valence-electron chi connectivity index (χ4n) is 3.61. The number of quaternary nitrogens is 2. The minimum Gasteiger partial charge on any atom is -0.398 e. The first-order chi connectivity index (χ1) is 12.7. The average molecular weight is 354 g/mol. The SMILES string of the molecule is Nc1ccccc1C(=O)NCCC[NH+]1CC[NH+](Cc2ccccc2)CC1. The van der Waals surface area contributed by atoms with Crippen LogP contribution in [0.25, 0.3) is 0 Å². The molecule has 0 saturated carbocycles. The molecule has 1 heterocycles. The Balaban J connectivity index is 1.32. The molecule has 2 aromatic carbocycles. The minimum absolute atomic E-state index is 0.0739. The highest BCUT2D eigenvalue weighted by atomic mass is 16.1. The number of hydrogen-bond donors (Lipinski definition) is 4. The van der Waals surface area contributed by atoms with Gasteiger partial charge in [0.15, 0.2) is 0 Å². The van der Waals surface area contributed by atoms with Crippen LogP contribution in [0.3, 0.4) is 0 Å². The number of nitrogens with one attached hydrogen (secondary N) is 3. The van der Waals surface area contributed by atoms with E-state index < -0.39 is 0 Å². The number of carbonyl (C=O) groups excluding carboxylic acids is 1. The Kier molecular flexibility index (Phi) is 6.63. The van der Waals surface area contributed by atoms with Gasteiger partial charge >= 0.3 is 0 Å². The number of amides is 1. The Morgan fingerprint density at radius 2 is 1.58 bits per heavy atom. The number of rotatable bonds is 7. The third-order valence-corrected chi connectivity index (χ3v) is 5.16. The van der Waals surface area contributed by atoms with E-state index in [2.05, 4.69) is 35.6 Å². The zero-order valence-corrected chi connectivity index (χ0v) is 15.3. The first kappa shape index (κ1) is 18.4. The molecule has 1 aliphatic rings. The molecule has 2 aromatic rings. The first-order valence-electron chi connectivity index (χ1n) is 9.56. The maximum atomic E-state index is 12.1. The standard InChI is InChI=1S/C21H28N4O/c22-20-10-5-4-9-19(20)21(26)23-11-6-12-24-13-15-25(16-14-24)17-18-7-2-1-3-8-18/h1-5,7-10H,6,11-17,22H2,(H,23,26)/p+2. The maximum Gasteiger partial charge on any atom is 0.253 e. The normalized spacial score (nSPS) is 19.8. The maximum absolute atomic E-state index is 12.1. The molecule has 0 radical (unpaired) electrons. The summed E-state index contributed by atoms with van der Waals surface area (Å²) in [7, 11) is 0. The third-order valence-electron chi connectivity index (χ3n) is 5.16. The summed E-state index contributed by atoms with van der Waals surface area (Å²) in [5.74, 6) is -0.0739. The molecule has 5 nitrogen and oxygen atoms in total. The van der Waals surface area contributed by atoms with Crippen molar-refractivity contribution in [3.05, 3.63) is 65.7 Å². The number of nitrogens with two attached hydrogens (primary N) is 1. The highest BCUT2D eigenvalue weighted by molar-refractivity contribution is 5.98. The van der Waals surface area contributed by atoms with E-state index in [0.717, 1.165) is 19.5 Å². The topological polar surface area (TPSA) is 64.0 Å². The van der Waals surface area contributed by atoms with Crippen LogP contribution in [0.15, 0.2) is 54.6 Å². The van der Waals surface area contributed by atoms with Crippen LogP contribution in [0, 0.1) is 0 Å². The van der Waals surface area contributed by atoms with E-state index in [0.29, 0.717) is 17.8 Å². The van der Waals surface area contributed by atoms with Crippen molar-refractivity contribution in [1.29, 1.82) is 0 Å². The highest BCUT2D eigenvalue weighted by Crippen LogP contribution is 2.09. The summed E-state index contributed by atoms with van der Waals surface area (Å²) in [6.45, 7) is 7.81. The minimum atomic E-state index is -0.0739. The zero-order valence-electron chi connectivity index (χ0n) is 15.3. The van der Waals surface area contributed by atoms with Gasteiger partial charge in [-0.3, -0.25) is 4.79 Å². The van der Waals surface area contributed by atoms with Crippen molar-refractivity contribution in [2.75, 3.05) is 45.0 Å². The molecule has 1 saturated heterocycles. The lowest BCUT2D eigenvalue weighted by atomic mass is 10.1. The van der Waals surface area contributed by atoms with Crippen molar-refractivity contribution in [2.45, 2.75) is 13.0 Å². The van der Waals surface area contributed by atoms with Gasteiger partial charge in [-0.05, 0) is 12.1 Å². The smallest absolute Gasteiger partial charge is 0.253 e. The van der Waals surface area contributed by atoms with Gasteiger partial charge < -0.3 is 20.9 Å². The van der Waals surface area contributed by atoms with Crippen LogP contribution in [-0.2, 0) is 6.54 Å². The summed E-state index contributed by atoms with van der Waals surface area (Å²) >= 11 is 0. The molecule has 1 aliphatic heterocycles. The number of nitrogen functional groups attached to an aromatic ring is 1. The molecule has 3 rings (SSSR count). The lowest BCUT2D eigenvalue weighted by Gasteiger charge is -2.29. The fraction of sp³-hybridized carbons (Fsp3) is 0.381. The number of para-hydroxylation sites is 1. The van der Waals surface area contributed by atoms with E-state index in [1.54, 1.807) is 21.9 Å². The van der Waals surface area contributed by atoms with Gasteiger partial charge in [-0.15, -0.1) is 0 Å². The van der Waals surface area contributed by atoms with Crippen LogP contribution in [0.5, 0.6) is 0 Å². The Labute approximate surface area is 155 Å². The van der Waals surface area contributed by atoms with Crippen molar-refractivity contribution in [3.8, 4) is 0 Å². The van der Waals surface area contributed by atoms with Crippen LogP contribution >= 0.6 is 0 Å². The number of benzene rings is 2. The van der Waals surface area contributed by atoms with Crippen molar-refractivity contribution in [1.82, 2.24) is 5.32 Å². The Bertz CT molecular complexity index is 696. The molecule has 5 heteroatoms. The summed E-state index contributed by atoms with van der Waals surface area (Å²) in [6.07, 6.45) is 1.00. The van der Waals surface area contributed by atoms with Crippen LogP contribution in [0.4, 0.5) is 5.69 Å². The van der Waals surface area contributed by atoms with Crippen molar-refractivity contribution in [3.63, 3.8) is 0 Å². The van der Waals surface area contributed by atoms with Crippen LogP contribution in [0.1, 0.15) is 22.3 Å². The van der Waals surface area contributed by atoms with Crippen molar-refractivity contribution >= 4 is 11.6 Å². The molecule has 0 aliphatic carbocycles. The van der Waals surface area contributed by atoms with Gasteiger partial charge in [0.2, 0.25) is 0 Å². The lowest BCUT2D eigenvalue weighted by Crippen LogP contribution is -3.27. The molecule has 5 N–H and O–H groups in total. The van der Waals surface area contributed by atoms with Gasteiger partial charge in [-0.1, -0.05) is 42.5 Å². The highest BCUT2D eigenvalue weighted by Gasteiger charge is 2.22. The van der Waals surface area contributed by atoms with Gasteiger partial charge in [0.25, 0.3) is 5.91 Å². The molecule has 0 bridgehead atoms. The molecule has 26 heavy (non-hydrogen) atoms. The van der Waals surface area contributed by atoms with Gasteiger partial charge in [0.05, 0.1) is 12.1 Å². The summed E-state index contributed by atoms with van der Waals surface area (Å²) in [4.78, 5) is 15.5. The second-order valence-corrected chi connectivity index (χ2v) is 7.11. The second-order valence-electron chi connectivity index (χ2n) is 7.11. The predicted octanol–water partition coefficient (Wildman–Crippen LogP) is -0.628. The van der Waals surface area contributed by atoms with E-state index >= 15 is 0 Å². The zero-order chi connectivity index (χ0) is 18.2. The predicted molar refractivity (Wildman–Crippen MR) is 104 cm³/mol. The second kappa shape index (κ2) is 9.36. The van der Waals surface area contributed by atoms with E-state index in [-0.39, 0.29) is 5.91 Å². The van der Waals surface area contributed by atoms with Crippen LogP contribution in [-0.4, -0.2) is 45.2 Å². The lowest BCUT2D eigenvalue weighted by molar-refractivity contribution is -1.02. The molecule has 1 fully saturated rings. The number of hydrogen-bond acceptors (Lipinski definition) is 2. The number of piperazine rings is 1. The van der Waals surface area contributed by atoms with Crippen LogP contribution in [0.2, 0.25) is 0 Å². The van der Waals surface area contributed by atoms with E-state index in [4.69, 9.17) is 5.73 Å². The summed E-state index contributed by atoms with van der Waals surface area (Å²) in [6, 6.07) is 18.0. The summed E-state index contributed by atoms with van der Waals surface area (Å²) in [5.41, 5.74) is 8.37. The van der Waals surface area contributed by atoms with Crippen molar-refractivity contribution < 1.29 is 14.6 Å². The van der Waals surface area contributed by atoms with Gasteiger partial charge in [0.1, 0.15) is 32.7 Å². The number of carbonyl (C=O) groups is 1. The Morgan fingerprint density at radius 1 is 0.923 bits per heavy atom.